The molecule has 47 heavy (non-hydrogen) atoms. The lowest BCUT2D eigenvalue weighted by atomic mass is 9.81. The Kier molecular flexibility index (Phi) is 9.77. The van der Waals surface area contributed by atoms with Gasteiger partial charge >= 0.3 is 0 Å². The van der Waals surface area contributed by atoms with E-state index >= 15 is 0 Å². The summed E-state index contributed by atoms with van der Waals surface area (Å²) in [7, 11) is 0. The monoisotopic (exact) mass is 625 g/mol. The predicted molar refractivity (Wildman–Crippen MR) is 182 cm³/mol. The van der Waals surface area contributed by atoms with Crippen molar-refractivity contribution in [1.29, 1.82) is 0 Å². The summed E-state index contributed by atoms with van der Waals surface area (Å²) < 4.78 is 12.4. The average Bonchev–Trinajstić information content (AvgIpc) is 3.51. The molecule has 2 N–H and O–H groups in total. The number of azide groups is 1. The molecule has 236 valence electrons. The molecule has 6 rings (SSSR count). The molecule has 1 heterocycles. The summed E-state index contributed by atoms with van der Waals surface area (Å²) in [6.45, 7) is 0.902. The van der Waals surface area contributed by atoms with Crippen LogP contribution >= 0.6 is 0 Å². The molecule has 0 unspecified atom stereocenters. The van der Waals surface area contributed by atoms with Gasteiger partial charge in [-0.3, -0.25) is 4.79 Å². The molecular formula is C38H35N5O4. The number of benzene rings is 5. The number of hydrogen-bond donors (Lipinski definition) is 2. The van der Waals surface area contributed by atoms with E-state index in [1.165, 1.54) is 0 Å². The summed E-state index contributed by atoms with van der Waals surface area (Å²) in [5.74, 6) is 0.719. The Morgan fingerprint density at radius 1 is 0.894 bits per heavy atom. The number of aliphatic hydroxyl groups excluding tert-OH is 1. The van der Waals surface area contributed by atoms with Gasteiger partial charge in [0, 0.05) is 36.5 Å². The normalized spacial score (nSPS) is 17.0. The molecule has 0 aliphatic carbocycles. The third-order valence-corrected chi connectivity index (χ3v) is 8.33. The van der Waals surface area contributed by atoms with Crippen LogP contribution in [0.25, 0.3) is 21.2 Å². The van der Waals surface area contributed by atoms with Crippen LogP contribution in [0.5, 0.6) is 5.75 Å². The van der Waals surface area contributed by atoms with Crippen molar-refractivity contribution in [3.05, 3.63) is 160 Å². The van der Waals surface area contributed by atoms with Gasteiger partial charge in [-0.05, 0) is 62.8 Å². The first-order valence-electron chi connectivity index (χ1n) is 15.6. The minimum atomic E-state index is -1.40. The lowest BCUT2D eigenvalue weighted by molar-refractivity contribution is -0.129. The lowest BCUT2D eigenvalue weighted by Crippen LogP contribution is -2.49. The zero-order chi connectivity index (χ0) is 32.5. The van der Waals surface area contributed by atoms with Crippen molar-refractivity contribution in [3.8, 4) is 5.75 Å². The number of nitrogens with zero attached hydrogens (tertiary/aromatic N) is 4. The topological polar surface area (TPSA) is 129 Å². The summed E-state index contributed by atoms with van der Waals surface area (Å²) in [5, 5.41) is 18.3. The van der Waals surface area contributed by atoms with Crippen LogP contribution in [-0.4, -0.2) is 35.7 Å². The number of fused-ring (bicyclic) bond motifs is 1. The maximum atomic E-state index is 14.7. The fraction of sp³-hybridized carbons (Fsp3) is 0.211. The maximum absolute atomic E-state index is 14.7. The van der Waals surface area contributed by atoms with Crippen molar-refractivity contribution in [3.63, 3.8) is 0 Å². The summed E-state index contributed by atoms with van der Waals surface area (Å²) in [6, 6.07) is 38.8. The first-order chi connectivity index (χ1) is 23.1. The molecule has 0 spiro atoms. The van der Waals surface area contributed by atoms with E-state index in [2.05, 4.69) is 33.5 Å². The molecule has 9 heteroatoms. The first kappa shape index (κ1) is 31.4. The molecule has 0 aromatic heterocycles. The number of rotatable bonds is 13. The number of carbonyl (C=O) groups excluding carboxylic acids is 1. The van der Waals surface area contributed by atoms with Crippen molar-refractivity contribution in [2.24, 2.45) is 10.1 Å². The lowest BCUT2D eigenvalue weighted by Gasteiger charge is -2.31. The third kappa shape index (κ3) is 6.97. The zero-order valence-electron chi connectivity index (χ0n) is 25.8. The Labute approximate surface area is 273 Å². The molecule has 5 aromatic rings. The molecule has 1 amide bonds. The van der Waals surface area contributed by atoms with Gasteiger partial charge in [0.2, 0.25) is 5.90 Å². The highest BCUT2D eigenvalue weighted by molar-refractivity contribution is 6.01. The summed E-state index contributed by atoms with van der Waals surface area (Å²) in [5.41, 5.74) is 11.8. The van der Waals surface area contributed by atoms with Gasteiger partial charge in [0.1, 0.15) is 5.75 Å². The predicted octanol–water partition coefficient (Wildman–Crippen LogP) is 7.23. The average molecular weight is 626 g/mol. The second kappa shape index (κ2) is 14.6. The fourth-order valence-electron chi connectivity index (χ4n) is 5.97. The van der Waals surface area contributed by atoms with E-state index in [0.717, 1.165) is 33.0 Å². The number of ether oxygens (including phenoxy) is 2. The zero-order valence-corrected chi connectivity index (χ0v) is 25.8. The molecule has 0 radical (unpaired) electrons. The number of aliphatic hydroxyl groups is 1. The Hall–Kier alpha value is -5.63. The van der Waals surface area contributed by atoms with Crippen molar-refractivity contribution in [1.82, 2.24) is 5.32 Å². The van der Waals surface area contributed by atoms with Crippen LogP contribution in [0.1, 0.15) is 40.3 Å². The minimum absolute atomic E-state index is 0.0558. The number of nitrogens with one attached hydrogen (secondary N) is 1. The Balaban J connectivity index is 1.42. The highest BCUT2D eigenvalue weighted by atomic mass is 16.5. The summed E-state index contributed by atoms with van der Waals surface area (Å²) in [4.78, 5) is 22.9. The molecule has 0 bridgehead atoms. The molecule has 9 nitrogen and oxygen atoms in total. The summed E-state index contributed by atoms with van der Waals surface area (Å²) >= 11 is 0. The smallest absolute Gasteiger partial charge is 0.252 e. The van der Waals surface area contributed by atoms with Gasteiger partial charge in [-0.2, -0.15) is 0 Å². The number of amides is 1. The Morgan fingerprint density at radius 3 is 2.38 bits per heavy atom. The minimum Gasteiger partial charge on any atom is -0.494 e. The molecule has 5 aromatic carbocycles. The van der Waals surface area contributed by atoms with E-state index in [-0.39, 0.29) is 25.5 Å². The van der Waals surface area contributed by atoms with E-state index in [9.17, 15) is 4.79 Å². The highest BCUT2D eigenvalue weighted by Gasteiger charge is 2.53. The van der Waals surface area contributed by atoms with E-state index < -0.39 is 11.6 Å². The van der Waals surface area contributed by atoms with Gasteiger partial charge < -0.3 is 19.9 Å². The Morgan fingerprint density at radius 2 is 1.60 bits per heavy atom. The van der Waals surface area contributed by atoms with Crippen LogP contribution < -0.4 is 10.1 Å². The fourth-order valence-corrected chi connectivity index (χ4v) is 5.97. The largest absolute Gasteiger partial charge is 0.494 e. The molecule has 1 aliphatic heterocycles. The van der Waals surface area contributed by atoms with Crippen molar-refractivity contribution in [2.45, 2.75) is 37.6 Å². The molecule has 0 saturated carbocycles. The van der Waals surface area contributed by atoms with Crippen LogP contribution in [-0.2, 0) is 29.0 Å². The standard InChI is InChI=1S/C38H35N5O4/c39-43-41-26-31-14-5-4-13-30(31)24-38(37(45)40-25-32-16-8-15-27-10-6-7-17-34(27)32)35(28-11-2-1-3-12-28)47-36(42-38)29-18-20-33(21-19-29)46-23-9-22-44/h1-8,10-21,35,44H,9,22-26H2,(H,40,45)/t35-,38-/m1/s1. The SMILES string of the molecule is [N-]=[N+]=NCc1ccccc1C[C@@]1(C(=O)NCc2cccc3ccccc23)N=C(c2ccc(OCCCO)cc2)O[C@@H]1c1ccccc1. The van der Waals surface area contributed by atoms with Gasteiger partial charge in [-0.1, -0.05) is 102 Å². The first-order valence-corrected chi connectivity index (χ1v) is 15.6. The van der Waals surface area contributed by atoms with Crippen molar-refractivity contribution in [2.75, 3.05) is 13.2 Å². The second-order valence-corrected chi connectivity index (χ2v) is 11.4. The molecule has 2 atom stereocenters. The maximum Gasteiger partial charge on any atom is 0.252 e. The van der Waals surface area contributed by atoms with E-state index in [1.54, 1.807) is 0 Å². The van der Waals surface area contributed by atoms with E-state index in [0.29, 0.717) is 36.8 Å². The van der Waals surface area contributed by atoms with E-state index in [4.69, 9.17) is 25.1 Å². The quantitative estimate of drug-likeness (QED) is 0.0619. The van der Waals surface area contributed by atoms with Crippen molar-refractivity contribution >= 4 is 22.6 Å². The molecule has 0 saturated heterocycles. The third-order valence-electron chi connectivity index (χ3n) is 8.33. The van der Waals surface area contributed by atoms with Gasteiger partial charge in [0.25, 0.3) is 5.91 Å². The number of hydrogen-bond acceptors (Lipinski definition) is 6. The van der Waals surface area contributed by atoms with Crippen LogP contribution in [0.2, 0.25) is 0 Å². The number of aliphatic imine (C=N–C) groups is 1. The van der Waals surface area contributed by atoms with Gasteiger partial charge in [0.15, 0.2) is 11.6 Å². The molecular weight excluding hydrogens is 590 g/mol. The molecule has 0 fully saturated rings. The van der Waals surface area contributed by atoms with Crippen LogP contribution in [0.3, 0.4) is 0 Å². The van der Waals surface area contributed by atoms with Crippen molar-refractivity contribution < 1.29 is 19.4 Å². The van der Waals surface area contributed by atoms with Gasteiger partial charge in [-0.25, -0.2) is 4.99 Å². The second-order valence-electron chi connectivity index (χ2n) is 11.4. The highest BCUT2D eigenvalue weighted by Crippen LogP contribution is 2.43. The van der Waals surface area contributed by atoms with Crippen LogP contribution in [0.15, 0.2) is 131 Å². The molecule has 1 aliphatic rings. The van der Waals surface area contributed by atoms with Gasteiger partial charge in [-0.15, -0.1) is 0 Å². The Bertz CT molecular complexity index is 1920. The number of carbonyl (C=O) groups is 1. The van der Waals surface area contributed by atoms with Crippen LogP contribution in [0, 0.1) is 0 Å². The van der Waals surface area contributed by atoms with Crippen LogP contribution in [0.4, 0.5) is 0 Å². The van der Waals surface area contributed by atoms with E-state index in [1.807, 2.05) is 103 Å². The van der Waals surface area contributed by atoms with Gasteiger partial charge in [0.05, 0.1) is 13.2 Å². The summed E-state index contributed by atoms with van der Waals surface area (Å²) in [6.07, 6.45) is -0.00985.